The molecule has 3 N–H and O–H groups in total. The van der Waals surface area contributed by atoms with Crippen LogP contribution in [0, 0.1) is 6.92 Å². The van der Waals surface area contributed by atoms with Crippen molar-refractivity contribution in [3.63, 3.8) is 0 Å². The highest BCUT2D eigenvalue weighted by molar-refractivity contribution is 7.94. The topological polar surface area (TPSA) is 105 Å². The first kappa shape index (κ1) is 29.2. The molecular formula is C28H35BClN5O3S. The molecule has 4 rings (SSSR count). The zero-order valence-electron chi connectivity index (χ0n) is 23.0. The van der Waals surface area contributed by atoms with Gasteiger partial charge in [0, 0.05) is 4.65 Å². The Morgan fingerprint density at radius 1 is 1.13 bits per heavy atom. The molecule has 0 unspecified atom stereocenters. The van der Waals surface area contributed by atoms with Crippen LogP contribution in [0.15, 0.2) is 47.5 Å². The maximum atomic E-state index is 13.1. The van der Waals surface area contributed by atoms with E-state index in [-0.39, 0.29) is 27.8 Å². The third kappa shape index (κ3) is 6.68. The molecule has 1 fully saturated rings. The number of halogens is 1. The van der Waals surface area contributed by atoms with Gasteiger partial charge in [-0.25, -0.2) is 13.4 Å². The standard InChI is InChI=1S/C28H35BClN5O3S/c1-17(2)38-24-15-20(19-10-12-31-13-11-19)18(3)14-23(24)34-27-32-16-21(30)26(35-27)33-22-8-6-7-9-25(22)39(36,37)28(4,5)29/h6-9,14-17,19,31H,10-13H2,1-5H3,(H2,32,33,34,35). The van der Waals surface area contributed by atoms with Crippen LogP contribution in [0.1, 0.15) is 57.6 Å². The number of nitrogens with zero attached hydrogens (tertiary/aromatic N) is 2. The van der Waals surface area contributed by atoms with Crippen molar-refractivity contribution in [2.75, 3.05) is 23.7 Å². The molecule has 39 heavy (non-hydrogen) atoms. The predicted molar refractivity (Wildman–Crippen MR) is 159 cm³/mol. The van der Waals surface area contributed by atoms with E-state index in [1.54, 1.807) is 18.2 Å². The molecule has 2 heterocycles. The third-order valence-corrected chi connectivity index (χ3v) is 9.22. The predicted octanol–water partition coefficient (Wildman–Crippen LogP) is 5.86. The molecule has 0 amide bonds. The van der Waals surface area contributed by atoms with Gasteiger partial charge in [-0.05, 0) is 88.0 Å². The highest BCUT2D eigenvalue weighted by Crippen LogP contribution is 2.38. The number of ether oxygens (including phenoxy) is 1. The molecule has 206 valence electrons. The number of rotatable bonds is 9. The Labute approximate surface area is 237 Å². The van der Waals surface area contributed by atoms with E-state index >= 15 is 0 Å². The van der Waals surface area contributed by atoms with Gasteiger partial charge in [-0.3, -0.25) is 0 Å². The average Bonchev–Trinajstić information content (AvgIpc) is 2.87. The Bertz CT molecular complexity index is 1440. The first-order valence-electron chi connectivity index (χ1n) is 13.1. The molecule has 2 radical (unpaired) electrons. The first-order chi connectivity index (χ1) is 18.4. The van der Waals surface area contributed by atoms with Crippen LogP contribution in [0.3, 0.4) is 0 Å². The molecule has 1 aromatic heterocycles. The Hall–Kier alpha value is -2.82. The summed E-state index contributed by atoms with van der Waals surface area (Å²) in [6.45, 7) is 11.0. The molecule has 1 aliphatic heterocycles. The van der Waals surface area contributed by atoms with Gasteiger partial charge < -0.3 is 20.7 Å². The van der Waals surface area contributed by atoms with Gasteiger partial charge in [0.15, 0.2) is 15.7 Å². The summed E-state index contributed by atoms with van der Waals surface area (Å²) >= 11 is 6.42. The third-order valence-electron chi connectivity index (χ3n) is 6.62. The lowest BCUT2D eigenvalue weighted by molar-refractivity contribution is 0.243. The minimum Gasteiger partial charge on any atom is -0.489 e. The Balaban J connectivity index is 1.67. The Kier molecular flexibility index (Phi) is 8.78. The second kappa shape index (κ2) is 11.7. The van der Waals surface area contributed by atoms with Gasteiger partial charge in [-0.2, -0.15) is 4.98 Å². The van der Waals surface area contributed by atoms with Crippen LogP contribution < -0.4 is 20.7 Å². The molecule has 8 nitrogen and oxygen atoms in total. The molecule has 11 heteroatoms. The zero-order chi connectivity index (χ0) is 28.4. The van der Waals surface area contributed by atoms with Gasteiger partial charge in [0.05, 0.1) is 36.4 Å². The van der Waals surface area contributed by atoms with Crippen LogP contribution in [0.25, 0.3) is 0 Å². The van der Waals surface area contributed by atoms with E-state index in [1.165, 1.54) is 31.7 Å². The quantitative estimate of drug-likeness (QED) is 0.276. The fraction of sp³-hybridized carbons (Fsp3) is 0.429. The van der Waals surface area contributed by atoms with Gasteiger partial charge in [0.2, 0.25) is 5.95 Å². The summed E-state index contributed by atoms with van der Waals surface area (Å²) in [7, 11) is 2.13. The second-order valence-corrected chi connectivity index (χ2v) is 13.5. The summed E-state index contributed by atoms with van der Waals surface area (Å²) in [5.74, 6) is 1.73. The summed E-state index contributed by atoms with van der Waals surface area (Å²) < 4.78 is 30.9. The van der Waals surface area contributed by atoms with E-state index < -0.39 is 14.5 Å². The molecule has 1 aliphatic rings. The van der Waals surface area contributed by atoms with E-state index in [0.717, 1.165) is 42.9 Å². The molecule has 0 bridgehead atoms. The molecule has 0 spiro atoms. The second-order valence-electron chi connectivity index (χ2n) is 10.6. The number of sulfone groups is 1. The monoisotopic (exact) mass is 567 g/mol. The zero-order valence-corrected chi connectivity index (χ0v) is 24.6. The summed E-state index contributed by atoms with van der Waals surface area (Å²) in [5, 5.41) is 9.99. The van der Waals surface area contributed by atoms with Crippen LogP contribution in [0.4, 0.5) is 23.1 Å². The van der Waals surface area contributed by atoms with Crippen molar-refractivity contribution >= 4 is 52.4 Å². The van der Waals surface area contributed by atoms with Crippen molar-refractivity contribution in [2.45, 2.75) is 69.0 Å². The highest BCUT2D eigenvalue weighted by atomic mass is 35.5. The van der Waals surface area contributed by atoms with E-state index in [1.807, 2.05) is 13.8 Å². The summed E-state index contributed by atoms with van der Waals surface area (Å²) in [6, 6.07) is 10.7. The lowest BCUT2D eigenvalue weighted by atomic mass is 9.87. The smallest absolute Gasteiger partial charge is 0.229 e. The number of aromatic nitrogens is 2. The van der Waals surface area contributed by atoms with Gasteiger partial charge in [-0.15, -0.1) is 0 Å². The number of hydrogen-bond acceptors (Lipinski definition) is 8. The number of benzene rings is 2. The van der Waals surface area contributed by atoms with Crippen LogP contribution in [0.5, 0.6) is 5.75 Å². The number of anilines is 4. The van der Waals surface area contributed by atoms with Crippen LogP contribution in [-0.2, 0) is 9.84 Å². The highest BCUT2D eigenvalue weighted by Gasteiger charge is 2.32. The van der Waals surface area contributed by atoms with Crippen LogP contribution in [-0.4, -0.2) is 50.1 Å². The molecule has 1 saturated heterocycles. The van der Waals surface area contributed by atoms with Gasteiger partial charge in [0.25, 0.3) is 0 Å². The number of aryl methyl sites for hydroxylation is 1. The van der Waals surface area contributed by atoms with Crippen molar-refractivity contribution in [1.29, 1.82) is 0 Å². The summed E-state index contributed by atoms with van der Waals surface area (Å²) in [4.78, 5) is 8.96. The van der Waals surface area contributed by atoms with E-state index in [9.17, 15) is 8.42 Å². The van der Waals surface area contributed by atoms with Crippen molar-refractivity contribution in [3.8, 4) is 5.75 Å². The van der Waals surface area contributed by atoms with E-state index in [0.29, 0.717) is 11.6 Å². The lowest BCUT2D eigenvalue weighted by Crippen LogP contribution is -2.32. The van der Waals surface area contributed by atoms with E-state index in [4.69, 9.17) is 24.2 Å². The fourth-order valence-corrected chi connectivity index (χ4v) is 5.95. The van der Waals surface area contributed by atoms with Gasteiger partial charge in [0.1, 0.15) is 10.8 Å². The molecular weight excluding hydrogens is 533 g/mol. The number of nitrogens with one attached hydrogen (secondary N) is 3. The SMILES string of the molecule is [B]C(C)(C)S(=O)(=O)c1ccccc1Nc1nc(Nc2cc(C)c(C3CCNCC3)cc2OC(C)C)ncc1Cl. The van der Waals surface area contributed by atoms with E-state index in [2.05, 4.69) is 45.0 Å². The fourth-order valence-electron chi connectivity index (χ4n) is 4.58. The molecule has 0 aliphatic carbocycles. The van der Waals surface area contributed by atoms with Crippen molar-refractivity contribution < 1.29 is 13.2 Å². The molecule has 0 saturated carbocycles. The Morgan fingerprint density at radius 3 is 2.49 bits per heavy atom. The maximum absolute atomic E-state index is 13.1. The molecule has 0 atom stereocenters. The van der Waals surface area contributed by atoms with Crippen LogP contribution in [0.2, 0.25) is 5.02 Å². The van der Waals surface area contributed by atoms with Crippen LogP contribution >= 0.6 is 11.6 Å². The largest absolute Gasteiger partial charge is 0.489 e. The minimum atomic E-state index is -3.84. The lowest BCUT2D eigenvalue weighted by Gasteiger charge is -2.26. The number of para-hydroxylation sites is 1. The van der Waals surface area contributed by atoms with Crippen molar-refractivity contribution in [2.24, 2.45) is 0 Å². The summed E-state index contributed by atoms with van der Waals surface area (Å²) in [5.41, 5.74) is 3.50. The minimum absolute atomic E-state index is 0.0252. The Morgan fingerprint density at radius 2 is 1.82 bits per heavy atom. The molecule has 3 aromatic rings. The van der Waals surface area contributed by atoms with Gasteiger partial charge in [-0.1, -0.05) is 37.6 Å². The summed E-state index contributed by atoms with van der Waals surface area (Å²) in [6.07, 6.45) is 3.61. The first-order valence-corrected chi connectivity index (χ1v) is 14.9. The number of piperidine rings is 1. The average molecular weight is 568 g/mol. The van der Waals surface area contributed by atoms with Crippen molar-refractivity contribution in [3.05, 3.63) is 58.7 Å². The normalized spacial score (nSPS) is 14.8. The van der Waals surface area contributed by atoms with Crippen molar-refractivity contribution in [1.82, 2.24) is 15.3 Å². The van der Waals surface area contributed by atoms with Gasteiger partial charge >= 0.3 is 0 Å². The molecule has 2 aromatic carbocycles. The maximum Gasteiger partial charge on any atom is 0.229 e. The number of hydrogen-bond donors (Lipinski definition) is 3.